The molecule has 0 radical (unpaired) electrons. The Kier molecular flexibility index (Phi) is 2.26. The number of hydrogen-bond donors (Lipinski definition) is 1. The molecule has 0 saturated heterocycles. The van der Waals surface area contributed by atoms with Crippen molar-refractivity contribution in [3.05, 3.63) is 0 Å². The summed E-state index contributed by atoms with van der Waals surface area (Å²) in [6, 6.07) is 1.84. The topological polar surface area (TPSA) is 29.1 Å². The first kappa shape index (κ1) is 5.32. The molecule has 0 aromatic carbocycles. The zero-order valence-electron chi connectivity index (χ0n) is 2.86. The van der Waals surface area contributed by atoms with E-state index in [1.165, 1.54) is 0 Å². The van der Waals surface area contributed by atoms with Crippen LogP contribution in [0, 0.1) is 12.5 Å². The van der Waals surface area contributed by atoms with Gasteiger partial charge in [-0.1, -0.05) is 6.42 Å². The van der Waals surface area contributed by atoms with E-state index in [1.807, 2.05) is 11.4 Å². The first-order valence-corrected chi connectivity index (χ1v) is 1.56. The summed E-state index contributed by atoms with van der Waals surface area (Å²) in [5, 5.41) is 1.14. The fourth-order valence-corrected chi connectivity index (χ4v) is 0.111. The van der Waals surface area contributed by atoms with Gasteiger partial charge in [-0.3, -0.25) is 10.1 Å². The zero-order chi connectivity index (χ0) is 4.99. The Balaban J connectivity index is 3.13. The highest BCUT2D eigenvalue weighted by Crippen LogP contribution is 1.70. The SMILES string of the molecule is C#CNC(=O)Cl. The van der Waals surface area contributed by atoms with Crippen LogP contribution in [-0.2, 0) is 0 Å². The molecular formula is C3H2ClNO. The lowest BCUT2D eigenvalue weighted by Gasteiger charge is -1.76. The lowest BCUT2D eigenvalue weighted by atomic mass is 11.1. The minimum Gasteiger partial charge on any atom is -0.272 e. The predicted octanol–water partition coefficient (Wildman–Crippen LogP) is 0.525. The number of amides is 1. The van der Waals surface area contributed by atoms with E-state index in [9.17, 15) is 4.79 Å². The Labute approximate surface area is 40.5 Å². The van der Waals surface area contributed by atoms with Crippen molar-refractivity contribution in [1.29, 1.82) is 0 Å². The molecule has 0 aliphatic carbocycles. The van der Waals surface area contributed by atoms with Crippen molar-refractivity contribution in [2.45, 2.75) is 0 Å². The summed E-state index contributed by atoms with van der Waals surface area (Å²) in [7, 11) is 0. The quantitative estimate of drug-likeness (QED) is 0.206. The molecule has 0 aliphatic rings. The van der Waals surface area contributed by atoms with Crippen LogP contribution in [-0.4, -0.2) is 5.37 Å². The fourth-order valence-electron chi connectivity index (χ4n) is 0.0567. The Morgan fingerprint density at radius 2 is 2.50 bits per heavy atom. The van der Waals surface area contributed by atoms with Gasteiger partial charge in [-0.2, -0.15) is 0 Å². The van der Waals surface area contributed by atoms with E-state index < -0.39 is 5.37 Å². The highest BCUT2D eigenvalue weighted by molar-refractivity contribution is 6.63. The van der Waals surface area contributed by atoms with Crippen LogP contribution in [0.5, 0.6) is 0 Å². The molecule has 0 bridgehead atoms. The lowest BCUT2D eigenvalue weighted by Crippen LogP contribution is -2.06. The fraction of sp³-hybridized carbons (Fsp3) is 0. The van der Waals surface area contributed by atoms with Crippen molar-refractivity contribution in [3.63, 3.8) is 0 Å². The average molecular weight is 104 g/mol. The summed E-state index contributed by atoms with van der Waals surface area (Å²) < 4.78 is 0. The molecule has 0 heterocycles. The van der Waals surface area contributed by atoms with Gasteiger partial charge in [0.1, 0.15) is 0 Å². The second-order valence-electron chi connectivity index (χ2n) is 0.543. The van der Waals surface area contributed by atoms with Crippen molar-refractivity contribution in [2.75, 3.05) is 0 Å². The van der Waals surface area contributed by atoms with Crippen LogP contribution in [0.25, 0.3) is 0 Å². The van der Waals surface area contributed by atoms with E-state index >= 15 is 0 Å². The van der Waals surface area contributed by atoms with E-state index in [4.69, 9.17) is 0 Å². The maximum absolute atomic E-state index is 9.56. The van der Waals surface area contributed by atoms with E-state index in [0.717, 1.165) is 0 Å². The van der Waals surface area contributed by atoms with Crippen LogP contribution < -0.4 is 5.32 Å². The van der Waals surface area contributed by atoms with Crippen molar-refractivity contribution < 1.29 is 4.79 Å². The second kappa shape index (κ2) is 2.55. The molecular weight excluding hydrogens is 101 g/mol. The Bertz CT molecular complexity index is 93.5. The number of halogens is 1. The molecule has 0 unspecified atom stereocenters. The Morgan fingerprint density at radius 3 is 2.50 bits per heavy atom. The molecule has 0 fully saturated rings. The minimum absolute atomic E-state index is 0.725. The third kappa shape index (κ3) is 3.32. The van der Waals surface area contributed by atoms with Crippen LogP contribution in [0.1, 0.15) is 0 Å². The zero-order valence-corrected chi connectivity index (χ0v) is 3.62. The summed E-state index contributed by atoms with van der Waals surface area (Å²) in [6.45, 7) is 0. The van der Waals surface area contributed by atoms with Crippen LogP contribution in [0.4, 0.5) is 4.79 Å². The molecule has 0 aliphatic heterocycles. The Hall–Kier alpha value is -0.680. The standard InChI is InChI=1S/C3H2ClNO/c1-2-5-3(4)6/h1H,(H,5,6). The normalized spacial score (nSPS) is 6.00. The molecule has 1 N–H and O–H groups in total. The second-order valence-corrected chi connectivity index (χ2v) is 0.886. The lowest BCUT2D eigenvalue weighted by molar-refractivity contribution is 0.263. The van der Waals surface area contributed by atoms with Crippen LogP contribution in [0.2, 0.25) is 0 Å². The molecule has 2 nitrogen and oxygen atoms in total. The largest absolute Gasteiger partial charge is 0.325 e. The smallest absolute Gasteiger partial charge is 0.272 e. The van der Waals surface area contributed by atoms with Crippen molar-refractivity contribution in [2.24, 2.45) is 0 Å². The molecule has 0 aromatic heterocycles. The van der Waals surface area contributed by atoms with Gasteiger partial charge in [0.05, 0.1) is 0 Å². The maximum Gasteiger partial charge on any atom is 0.325 e. The van der Waals surface area contributed by atoms with Gasteiger partial charge in [-0.25, -0.2) is 0 Å². The summed E-state index contributed by atoms with van der Waals surface area (Å²) in [5.41, 5.74) is 0. The average Bonchev–Trinajstić information content (AvgIpc) is 1.35. The maximum atomic E-state index is 9.56. The van der Waals surface area contributed by atoms with E-state index in [1.54, 1.807) is 0 Å². The first-order chi connectivity index (χ1) is 2.77. The number of nitrogens with one attached hydrogen (secondary N) is 1. The summed E-state index contributed by atoms with van der Waals surface area (Å²) in [5.74, 6) is 0. The third-order valence-electron chi connectivity index (χ3n) is 0.170. The molecule has 1 amide bonds. The molecule has 0 rings (SSSR count). The molecule has 0 spiro atoms. The first-order valence-electron chi connectivity index (χ1n) is 1.18. The van der Waals surface area contributed by atoms with Gasteiger partial charge in [-0.05, 0) is 11.6 Å². The van der Waals surface area contributed by atoms with Gasteiger partial charge >= 0.3 is 5.37 Å². The van der Waals surface area contributed by atoms with Gasteiger partial charge in [0, 0.05) is 6.04 Å². The van der Waals surface area contributed by atoms with E-state index in [2.05, 4.69) is 18.0 Å². The van der Waals surface area contributed by atoms with Crippen molar-refractivity contribution in [3.8, 4) is 12.5 Å². The van der Waals surface area contributed by atoms with Gasteiger partial charge in [0.2, 0.25) is 0 Å². The molecule has 6 heavy (non-hydrogen) atoms. The molecule has 0 aromatic rings. The van der Waals surface area contributed by atoms with Crippen molar-refractivity contribution in [1.82, 2.24) is 5.32 Å². The molecule has 32 valence electrons. The number of carbonyl (C=O) groups is 1. The summed E-state index contributed by atoms with van der Waals surface area (Å²) in [6.07, 6.45) is 4.56. The predicted molar refractivity (Wildman–Crippen MR) is 23.2 cm³/mol. The highest BCUT2D eigenvalue weighted by atomic mass is 35.5. The number of hydrogen-bond acceptors (Lipinski definition) is 1. The monoisotopic (exact) mass is 103 g/mol. The van der Waals surface area contributed by atoms with Crippen molar-refractivity contribution >= 4 is 17.0 Å². The van der Waals surface area contributed by atoms with Gasteiger partial charge in [-0.15, -0.1) is 0 Å². The third-order valence-corrected chi connectivity index (χ3v) is 0.265. The van der Waals surface area contributed by atoms with Gasteiger partial charge < -0.3 is 0 Å². The van der Waals surface area contributed by atoms with Crippen LogP contribution in [0.3, 0.4) is 0 Å². The van der Waals surface area contributed by atoms with Gasteiger partial charge in [0.15, 0.2) is 0 Å². The molecule has 0 saturated carbocycles. The van der Waals surface area contributed by atoms with Crippen LogP contribution in [0.15, 0.2) is 0 Å². The highest BCUT2D eigenvalue weighted by Gasteiger charge is 1.81. The summed E-state index contributed by atoms with van der Waals surface area (Å²) in [4.78, 5) is 9.56. The number of rotatable bonds is 0. The van der Waals surface area contributed by atoms with E-state index in [-0.39, 0.29) is 0 Å². The van der Waals surface area contributed by atoms with E-state index in [0.29, 0.717) is 0 Å². The molecule has 3 heteroatoms. The Morgan fingerprint density at radius 1 is 2.00 bits per heavy atom. The minimum atomic E-state index is -0.725. The number of carbonyl (C=O) groups excluding carboxylic acids is 1. The van der Waals surface area contributed by atoms with Crippen LogP contribution >= 0.6 is 11.6 Å². The summed E-state index contributed by atoms with van der Waals surface area (Å²) >= 11 is 4.69. The number of terminal acetylenes is 1. The van der Waals surface area contributed by atoms with Gasteiger partial charge in [0.25, 0.3) is 0 Å². The molecule has 0 atom stereocenters.